The van der Waals surface area contributed by atoms with Crippen LogP contribution in [-0.2, 0) is 4.79 Å². The van der Waals surface area contributed by atoms with Gasteiger partial charge in [-0.3, -0.25) is 4.79 Å². The minimum atomic E-state index is -0.337. The first-order valence-electron chi connectivity index (χ1n) is 2.49. The van der Waals surface area contributed by atoms with Gasteiger partial charge in [0.2, 0.25) is 0 Å². The molecule has 0 atom stereocenters. The Morgan fingerprint density at radius 2 is 2.56 bits per heavy atom. The predicted molar refractivity (Wildman–Crippen MR) is 30.0 cm³/mol. The van der Waals surface area contributed by atoms with E-state index in [1.54, 1.807) is 6.07 Å². The number of hydrogen-bond acceptors (Lipinski definition) is 3. The Bertz CT molecular complexity index is 188. The van der Waals surface area contributed by atoms with Crippen LogP contribution in [-0.4, -0.2) is 5.97 Å². The van der Waals surface area contributed by atoms with Crippen molar-refractivity contribution in [3.63, 3.8) is 0 Å². The van der Waals surface area contributed by atoms with Gasteiger partial charge in [0.25, 0.3) is 0 Å². The van der Waals surface area contributed by atoms with Crippen LogP contribution in [0.3, 0.4) is 0 Å². The molecule has 1 aromatic rings. The minimum Gasteiger partial charge on any atom is -0.469 e. The number of rotatable bonds is 1. The van der Waals surface area contributed by atoms with E-state index >= 15 is 0 Å². The standard InChI is InChI=1S/C6H6O3/c1-5(7)9-6-2-3-8-4-6/h2-4H,1H3. The summed E-state index contributed by atoms with van der Waals surface area (Å²) in [6, 6.07) is 1.57. The van der Waals surface area contributed by atoms with Crippen LogP contribution < -0.4 is 4.74 Å². The fourth-order valence-electron chi connectivity index (χ4n) is 0.476. The van der Waals surface area contributed by atoms with Crippen molar-refractivity contribution >= 4 is 5.97 Å². The first kappa shape index (κ1) is 5.88. The van der Waals surface area contributed by atoms with Crippen molar-refractivity contribution in [1.82, 2.24) is 0 Å². The molecule has 0 unspecified atom stereocenters. The Morgan fingerprint density at radius 3 is 3.00 bits per heavy atom. The van der Waals surface area contributed by atoms with E-state index in [0.29, 0.717) is 5.75 Å². The summed E-state index contributed by atoms with van der Waals surface area (Å²) in [5.74, 6) is 0.110. The second-order valence-corrected chi connectivity index (χ2v) is 1.55. The summed E-state index contributed by atoms with van der Waals surface area (Å²) in [4.78, 5) is 10.2. The lowest BCUT2D eigenvalue weighted by molar-refractivity contribution is -0.131. The van der Waals surface area contributed by atoms with Crippen LogP contribution in [0.25, 0.3) is 0 Å². The van der Waals surface area contributed by atoms with Crippen LogP contribution >= 0.6 is 0 Å². The molecule has 1 rings (SSSR count). The highest BCUT2D eigenvalue weighted by Crippen LogP contribution is 2.09. The zero-order valence-corrected chi connectivity index (χ0v) is 4.96. The van der Waals surface area contributed by atoms with E-state index in [1.165, 1.54) is 19.5 Å². The molecule has 0 bridgehead atoms. The molecule has 3 nitrogen and oxygen atoms in total. The molecule has 0 aromatic carbocycles. The van der Waals surface area contributed by atoms with Gasteiger partial charge < -0.3 is 9.15 Å². The molecule has 0 aliphatic heterocycles. The summed E-state index contributed by atoms with van der Waals surface area (Å²) in [7, 11) is 0. The molecule has 0 aliphatic rings. The lowest BCUT2D eigenvalue weighted by Gasteiger charge is -1.91. The number of carbonyl (C=O) groups excluding carboxylic acids is 1. The summed E-state index contributed by atoms with van der Waals surface area (Å²) in [6.07, 6.45) is 2.81. The van der Waals surface area contributed by atoms with Crippen molar-refractivity contribution in [2.45, 2.75) is 6.92 Å². The maximum absolute atomic E-state index is 10.2. The second-order valence-electron chi connectivity index (χ2n) is 1.55. The van der Waals surface area contributed by atoms with Gasteiger partial charge in [-0.25, -0.2) is 0 Å². The molecular formula is C6H6O3. The number of furan rings is 1. The minimum absolute atomic E-state index is 0.337. The summed E-state index contributed by atoms with van der Waals surface area (Å²) in [5, 5.41) is 0. The van der Waals surface area contributed by atoms with Crippen LogP contribution in [0.4, 0.5) is 0 Å². The van der Waals surface area contributed by atoms with Crippen LogP contribution in [0.1, 0.15) is 6.92 Å². The van der Waals surface area contributed by atoms with Crippen molar-refractivity contribution < 1.29 is 13.9 Å². The highest BCUT2D eigenvalue weighted by atomic mass is 16.5. The van der Waals surface area contributed by atoms with Crippen molar-refractivity contribution in [2.75, 3.05) is 0 Å². The van der Waals surface area contributed by atoms with E-state index in [1.807, 2.05) is 0 Å². The fourth-order valence-corrected chi connectivity index (χ4v) is 0.476. The Hall–Kier alpha value is -1.25. The average Bonchev–Trinajstić information content (AvgIpc) is 2.15. The lowest BCUT2D eigenvalue weighted by atomic mass is 10.6. The molecule has 0 aliphatic carbocycles. The maximum Gasteiger partial charge on any atom is 0.308 e. The van der Waals surface area contributed by atoms with E-state index in [2.05, 4.69) is 9.15 Å². The van der Waals surface area contributed by atoms with Crippen LogP contribution in [0.15, 0.2) is 23.0 Å². The summed E-state index contributed by atoms with van der Waals surface area (Å²) in [6.45, 7) is 1.34. The van der Waals surface area contributed by atoms with Crippen LogP contribution in [0, 0.1) is 0 Å². The molecule has 0 N–H and O–H groups in total. The quantitative estimate of drug-likeness (QED) is 0.531. The smallest absolute Gasteiger partial charge is 0.308 e. The van der Waals surface area contributed by atoms with Crippen molar-refractivity contribution in [3.05, 3.63) is 18.6 Å². The SMILES string of the molecule is CC(=O)Oc1ccoc1. The Balaban J connectivity index is 2.58. The summed E-state index contributed by atoms with van der Waals surface area (Å²) in [5.41, 5.74) is 0. The highest BCUT2D eigenvalue weighted by molar-refractivity contribution is 5.68. The zero-order valence-electron chi connectivity index (χ0n) is 4.96. The van der Waals surface area contributed by atoms with E-state index < -0.39 is 0 Å². The molecule has 0 fully saturated rings. The number of ether oxygens (including phenoxy) is 1. The van der Waals surface area contributed by atoms with Crippen molar-refractivity contribution in [3.8, 4) is 5.75 Å². The van der Waals surface area contributed by atoms with Gasteiger partial charge in [0, 0.05) is 13.0 Å². The Labute approximate surface area is 52.2 Å². The molecule has 3 heteroatoms. The van der Waals surface area contributed by atoms with Gasteiger partial charge in [-0.15, -0.1) is 0 Å². The predicted octanol–water partition coefficient (Wildman–Crippen LogP) is 1.20. The highest BCUT2D eigenvalue weighted by Gasteiger charge is 1.95. The number of hydrogen-bond donors (Lipinski definition) is 0. The Morgan fingerprint density at radius 1 is 1.78 bits per heavy atom. The third kappa shape index (κ3) is 1.60. The van der Waals surface area contributed by atoms with E-state index in [0.717, 1.165) is 0 Å². The number of carbonyl (C=O) groups is 1. The van der Waals surface area contributed by atoms with Gasteiger partial charge in [0.05, 0.1) is 6.26 Å². The number of esters is 1. The van der Waals surface area contributed by atoms with Gasteiger partial charge in [-0.2, -0.15) is 0 Å². The fraction of sp³-hybridized carbons (Fsp3) is 0.167. The molecule has 0 saturated carbocycles. The first-order chi connectivity index (χ1) is 4.29. The molecule has 0 radical (unpaired) electrons. The van der Waals surface area contributed by atoms with E-state index in [9.17, 15) is 4.79 Å². The third-order valence-corrected chi connectivity index (χ3v) is 0.757. The molecule has 1 aromatic heterocycles. The molecular weight excluding hydrogens is 120 g/mol. The summed E-state index contributed by atoms with van der Waals surface area (Å²) < 4.78 is 9.26. The summed E-state index contributed by atoms with van der Waals surface area (Å²) >= 11 is 0. The molecule has 9 heavy (non-hydrogen) atoms. The zero-order chi connectivity index (χ0) is 6.69. The van der Waals surface area contributed by atoms with Crippen molar-refractivity contribution in [1.29, 1.82) is 0 Å². The molecule has 48 valence electrons. The third-order valence-electron chi connectivity index (χ3n) is 0.757. The monoisotopic (exact) mass is 126 g/mol. The van der Waals surface area contributed by atoms with Gasteiger partial charge >= 0.3 is 5.97 Å². The largest absolute Gasteiger partial charge is 0.469 e. The molecule has 0 saturated heterocycles. The normalized spacial score (nSPS) is 9.00. The first-order valence-corrected chi connectivity index (χ1v) is 2.49. The Kier molecular flexibility index (Phi) is 1.53. The average molecular weight is 126 g/mol. The van der Waals surface area contributed by atoms with Gasteiger partial charge in [0.15, 0.2) is 5.75 Å². The lowest BCUT2D eigenvalue weighted by Crippen LogP contribution is -1.99. The van der Waals surface area contributed by atoms with Gasteiger partial charge in [-0.05, 0) is 0 Å². The van der Waals surface area contributed by atoms with Crippen LogP contribution in [0.2, 0.25) is 0 Å². The van der Waals surface area contributed by atoms with Crippen LogP contribution in [0.5, 0.6) is 5.75 Å². The molecule has 1 heterocycles. The second kappa shape index (κ2) is 2.35. The van der Waals surface area contributed by atoms with Gasteiger partial charge in [-0.1, -0.05) is 0 Å². The molecule has 0 spiro atoms. The topological polar surface area (TPSA) is 39.4 Å². The van der Waals surface area contributed by atoms with Gasteiger partial charge in [0.1, 0.15) is 6.26 Å². The maximum atomic E-state index is 10.2. The van der Waals surface area contributed by atoms with E-state index in [4.69, 9.17) is 0 Å². The molecule has 0 amide bonds. The van der Waals surface area contributed by atoms with Crippen molar-refractivity contribution in [2.24, 2.45) is 0 Å². The van der Waals surface area contributed by atoms with E-state index in [-0.39, 0.29) is 5.97 Å².